The van der Waals surface area contributed by atoms with Gasteiger partial charge in [-0.15, -0.1) is 0 Å². The van der Waals surface area contributed by atoms with Crippen molar-refractivity contribution in [3.05, 3.63) is 38.7 Å². The van der Waals surface area contributed by atoms with Gasteiger partial charge in [-0.3, -0.25) is 0 Å². The standard InChI is InChI=1S/C14H14ClIN4/c1-17-12-7-13(20-14(19-12)8-2-3-8)18-11-5-4-9(15)6-10(11)16/h4-8H,2-3H2,1H3,(H2,17,18,19,20). The zero-order valence-electron chi connectivity index (χ0n) is 11.0. The first-order valence-corrected chi connectivity index (χ1v) is 7.90. The van der Waals surface area contributed by atoms with Crippen LogP contribution >= 0.6 is 34.2 Å². The first-order valence-electron chi connectivity index (χ1n) is 6.44. The molecule has 104 valence electrons. The summed E-state index contributed by atoms with van der Waals surface area (Å²) >= 11 is 8.23. The summed E-state index contributed by atoms with van der Waals surface area (Å²) in [7, 11) is 1.87. The number of hydrogen-bond acceptors (Lipinski definition) is 4. The molecule has 1 aliphatic rings. The van der Waals surface area contributed by atoms with Crippen LogP contribution in [0.2, 0.25) is 5.02 Å². The van der Waals surface area contributed by atoms with Crippen molar-refractivity contribution in [2.75, 3.05) is 17.7 Å². The lowest BCUT2D eigenvalue weighted by Crippen LogP contribution is -2.03. The van der Waals surface area contributed by atoms with E-state index in [1.807, 2.05) is 31.3 Å². The van der Waals surface area contributed by atoms with E-state index in [9.17, 15) is 0 Å². The summed E-state index contributed by atoms with van der Waals surface area (Å²) in [6.45, 7) is 0. The van der Waals surface area contributed by atoms with E-state index in [0.717, 1.165) is 31.7 Å². The van der Waals surface area contributed by atoms with Gasteiger partial charge in [-0.2, -0.15) is 0 Å². The van der Waals surface area contributed by atoms with Crippen LogP contribution in [0.4, 0.5) is 17.3 Å². The Hall–Kier alpha value is -1.08. The molecular formula is C14H14ClIN4. The third-order valence-electron chi connectivity index (χ3n) is 3.14. The molecule has 3 rings (SSSR count). The lowest BCUT2D eigenvalue weighted by molar-refractivity contribution is 0.932. The van der Waals surface area contributed by atoms with E-state index in [1.165, 1.54) is 12.8 Å². The van der Waals surface area contributed by atoms with Crippen molar-refractivity contribution in [3.63, 3.8) is 0 Å². The second-order valence-electron chi connectivity index (χ2n) is 4.77. The molecule has 1 fully saturated rings. The maximum Gasteiger partial charge on any atom is 0.136 e. The number of aromatic nitrogens is 2. The molecule has 20 heavy (non-hydrogen) atoms. The molecule has 0 unspecified atom stereocenters. The fourth-order valence-corrected chi connectivity index (χ4v) is 2.92. The topological polar surface area (TPSA) is 49.8 Å². The second kappa shape index (κ2) is 5.73. The Morgan fingerprint density at radius 1 is 1.20 bits per heavy atom. The smallest absolute Gasteiger partial charge is 0.136 e. The highest BCUT2D eigenvalue weighted by Crippen LogP contribution is 2.39. The minimum absolute atomic E-state index is 0.521. The van der Waals surface area contributed by atoms with Crippen molar-refractivity contribution in [1.29, 1.82) is 0 Å². The summed E-state index contributed by atoms with van der Waals surface area (Å²) in [6.07, 6.45) is 2.37. The Morgan fingerprint density at radius 2 is 1.95 bits per heavy atom. The lowest BCUT2D eigenvalue weighted by atomic mass is 10.3. The molecule has 0 radical (unpaired) electrons. The molecule has 1 heterocycles. The van der Waals surface area contributed by atoms with Gasteiger partial charge in [0.25, 0.3) is 0 Å². The van der Waals surface area contributed by atoms with Gasteiger partial charge < -0.3 is 10.6 Å². The van der Waals surface area contributed by atoms with E-state index in [-0.39, 0.29) is 0 Å². The quantitative estimate of drug-likeness (QED) is 0.747. The minimum Gasteiger partial charge on any atom is -0.373 e. The first kappa shape index (κ1) is 13.9. The van der Waals surface area contributed by atoms with E-state index in [0.29, 0.717) is 5.92 Å². The van der Waals surface area contributed by atoms with Crippen molar-refractivity contribution < 1.29 is 0 Å². The zero-order valence-corrected chi connectivity index (χ0v) is 13.9. The monoisotopic (exact) mass is 400 g/mol. The van der Waals surface area contributed by atoms with Crippen molar-refractivity contribution in [2.24, 2.45) is 0 Å². The van der Waals surface area contributed by atoms with Crippen molar-refractivity contribution in [3.8, 4) is 0 Å². The van der Waals surface area contributed by atoms with E-state index >= 15 is 0 Å². The number of nitrogens with zero attached hydrogens (tertiary/aromatic N) is 2. The number of halogens is 2. The number of rotatable bonds is 4. The van der Waals surface area contributed by atoms with Gasteiger partial charge in [-0.05, 0) is 53.6 Å². The number of nitrogens with one attached hydrogen (secondary N) is 2. The summed E-state index contributed by atoms with van der Waals surface area (Å²) in [5, 5.41) is 7.16. The first-order chi connectivity index (χ1) is 9.65. The normalized spacial score (nSPS) is 14.2. The number of benzene rings is 1. The molecule has 2 aromatic rings. The average Bonchev–Trinajstić information content (AvgIpc) is 3.26. The van der Waals surface area contributed by atoms with Crippen molar-refractivity contribution in [2.45, 2.75) is 18.8 Å². The highest BCUT2D eigenvalue weighted by Gasteiger charge is 2.27. The Kier molecular flexibility index (Phi) is 3.98. The summed E-state index contributed by atoms with van der Waals surface area (Å²) in [5.74, 6) is 3.09. The second-order valence-corrected chi connectivity index (χ2v) is 6.37. The molecule has 1 aliphatic carbocycles. The van der Waals surface area contributed by atoms with Crippen LogP contribution in [0, 0.1) is 3.57 Å². The van der Waals surface area contributed by atoms with Crippen LogP contribution in [0.25, 0.3) is 0 Å². The molecule has 0 aliphatic heterocycles. The lowest BCUT2D eigenvalue weighted by Gasteiger charge is -2.11. The van der Waals surface area contributed by atoms with E-state index in [1.54, 1.807) is 0 Å². The van der Waals surface area contributed by atoms with Crippen molar-refractivity contribution in [1.82, 2.24) is 9.97 Å². The van der Waals surface area contributed by atoms with Crippen LogP contribution < -0.4 is 10.6 Å². The molecular weight excluding hydrogens is 387 g/mol. The van der Waals surface area contributed by atoms with Crippen molar-refractivity contribution >= 4 is 51.5 Å². The van der Waals surface area contributed by atoms with Crippen LogP contribution in [0.1, 0.15) is 24.6 Å². The Balaban J connectivity index is 1.91. The minimum atomic E-state index is 0.521. The maximum atomic E-state index is 5.97. The van der Waals surface area contributed by atoms with Gasteiger partial charge in [0.05, 0.1) is 5.69 Å². The molecule has 0 atom stereocenters. The molecule has 0 amide bonds. The third-order valence-corrected chi connectivity index (χ3v) is 4.26. The largest absolute Gasteiger partial charge is 0.373 e. The van der Waals surface area contributed by atoms with Crippen LogP contribution in [0.15, 0.2) is 24.3 Å². The van der Waals surface area contributed by atoms with E-state index in [2.05, 4.69) is 43.2 Å². The van der Waals surface area contributed by atoms with Crippen LogP contribution in [0.5, 0.6) is 0 Å². The molecule has 1 saturated carbocycles. The Morgan fingerprint density at radius 3 is 2.60 bits per heavy atom. The molecule has 1 aromatic heterocycles. The van der Waals surface area contributed by atoms with Gasteiger partial charge >= 0.3 is 0 Å². The number of hydrogen-bond donors (Lipinski definition) is 2. The predicted molar refractivity (Wildman–Crippen MR) is 91.0 cm³/mol. The fourth-order valence-electron chi connectivity index (χ4n) is 1.91. The SMILES string of the molecule is CNc1cc(Nc2ccc(Cl)cc2I)nc(C2CC2)n1. The fraction of sp³-hybridized carbons (Fsp3) is 0.286. The van der Waals surface area contributed by atoms with Gasteiger partial charge in [0, 0.05) is 27.6 Å². The summed E-state index contributed by atoms with van der Waals surface area (Å²) in [4.78, 5) is 9.11. The van der Waals surface area contributed by atoms with Crippen LogP contribution in [0.3, 0.4) is 0 Å². The molecule has 1 aromatic carbocycles. The van der Waals surface area contributed by atoms with Crippen LogP contribution in [-0.4, -0.2) is 17.0 Å². The van der Waals surface area contributed by atoms with Gasteiger partial charge in [-0.25, -0.2) is 9.97 Å². The summed E-state index contributed by atoms with van der Waals surface area (Å²) in [5.41, 5.74) is 0.998. The summed E-state index contributed by atoms with van der Waals surface area (Å²) in [6, 6.07) is 7.67. The number of anilines is 3. The molecule has 0 saturated heterocycles. The third kappa shape index (κ3) is 3.15. The van der Waals surface area contributed by atoms with Gasteiger partial charge in [0.1, 0.15) is 17.5 Å². The maximum absolute atomic E-state index is 5.97. The molecule has 4 nitrogen and oxygen atoms in total. The molecule has 6 heteroatoms. The zero-order chi connectivity index (χ0) is 14.1. The van der Waals surface area contributed by atoms with Gasteiger partial charge in [0.2, 0.25) is 0 Å². The average molecular weight is 401 g/mol. The molecule has 0 spiro atoms. The summed E-state index contributed by atoms with van der Waals surface area (Å²) < 4.78 is 1.06. The molecule has 0 bridgehead atoms. The Bertz CT molecular complexity index is 643. The van der Waals surface area contributed by atoms with Gasteiger partial charge in [0.15, 0.2) is 0 Å². The van der Waals surface area contributed by atoms with E-state index < -0.39 is 0 Å². The predicted octanol–water partition coefficient (Wildman–Crippen LogP) is 4.40. The van der Waals surface area contributed by atoms with Crippen LogP contribution in [-0.2, 0) is 0 Å². The highest BCUT2D eigenvalue weighted by atomic mass is 127. The highest BCUT2D eigenvalue weighted by molar-refractivity contribution is 14.1. The molecule has 2 N–H and O–H groups in total. The van der Waals surface area contributed by atoms with E-state index in [4.69, 9.17) is 11.6 Å². The Labute approximate surface area is 136 Å². The van der Waals surface area contributed by atoms with Gasteiger partial charge in [-0.1, -0.05) is 11.6 Å².